The number of hydrogen-bond donors (Lipinski definition) is 0. The molecule has 1 aromatic rings. The van der Waals surface area contributed by atoms with Crippen LogP contribution in [0.25, 0.3) is 0 Å². The van der Waals surface area contributed by atoms with Crippen LogP contribution in [0.4, 0.5) is 0 Å². The maximum atomic E-state index is 12.6. The molecule has 0 saturated heterocycles. The summed E-state index contributed by atoms with van der Waals surface area (Å²) >= 11 is -0.513. The second-order valence-corrected chi connectivity index (χ2v) is 7.44. The zero-order valence-electron chi connectivity index (χ0n) is 12.9. The Hall–Kier alpha value is -0.762. The molecule has 0 unspecified atom stereocenters. The van der Waals surface area contributed by atoms with Crippen molar-refractivity contribution < 1.29 is 4.79 Å². The number of benzene rings is 1. The van der Waals surface area contributed by atoms with E-state index in [1.165, 1.54) is 5.56 Å². The summed E-state index contributed by atoms with van der Waals surface area (Å²) in [5.74, 6) is 0. The first-order chi connectivity index (χ1) is 8.73. The second kappa shape index (κ2) is 6.60. The first-order valence-electron chi connectivity index (χ1n) is 6.29. The predicted molar refractivity (Wildman–Crippen MR) is 83.1 cm³/mol. The van der Waals surface area contributed by atoms with E-state index in [2.05, 4.69) is 19.1 Å². The number of carbonyl (C=O) groups is 1. The molecule has 0 N–H and O–H groups in total. The van der Waals surface area contributed by atoms with E-state index in [4.69, 9.17) is 0 Å². The van der Waals surface area contributed by atoms with Crippen molar-refractivity contribution in [2.75, 3.05) is 28.2 Å². The molecule has 0 heterocycles. The molecule has 4 heteroatoms. The molecule has 0 aliphatic heterocycles. The molecule has 1 aromatic carbocycles. The summed E-state index contributed by atoms with van der Waals surface area (Å²) in [7, 11) is 7.97. The molecular weight excluding hydrogens is 299 g/mol. The summed E-state index contributed by atoms with van der Waals surface area (Å²) in [5, 5.41) is 0. The quantitative estimate of drug-likeness (QED) is 0.788. The molecule has 1 rings (SSSR count). The van der Waals surface area contributed by atoms with Gasteiger partial charge in [-0.25, -0.2) is 0 Å². The monoisotopic (exact) mass is 322 g/mol. The van der Waals surface area contributed by atoms with E-state index in [0.29, 0.717) is 0 Å². The third kappa shape index (κ3) is 4.10. The van der Waals surface area contributed by atoms with Crippen molar-refractivity contribution in [2.45, 2.75) is 20.8 Å². The van der Waals surface area contributed by atoms with Gasteiger partial charge in [0.05, 0.1) is 0 Å². The standard InChI is InChI=1S/C15H23AsN2O/c1-10-8-11(2)13(12(3)9-10)14(19)16-15(17(4)5)18(6)7/h8-9H,1-7H3. The molecule has 3 nitrogen and oxygen atoms in total. The van der Waals surface area contributed by atoms with Gasteiger partial charge < -0.3 is 0 Å². The molecule has 0 spiro atoms. The molecule has 0 aliphatic carbocycles. The van der Waals surface area contributed by atoms with Crippen LogP contribution in [0.3, 0.4) is 0 Å². The number of rotatable bonds is 4. The van der Waals surface area contributed by atoms with E-state index in [1.807, 2.05) is 51.8 Å². The van der Waals surface area contributed by atoms with Crippen molar-refractivity contribution in [1.29, 1.82) is 0 Å². The maximum absolute atomic E-state index is 12.6. The summed E-state index contributed by atoms with van der Waals surface area (Å²) in [5.41, 5.74) is 4.31. The van der Waals surface area contributed by atoms with Crippen molar-refractivity contribution in [3.05, 3.63) is 34.4 Å². The van der Waals surface area contributed by atoms with Gasteiger partial charge in [0.25, 0.3) is 0 Å². The normalized spacial score (nSPS) is 11.4. The van der Waals surface area contributed by atoms with Crippen LogP contribution in [0.15, 0.2) is 12.1 Å². The van der Waals surface area contributed by atoms with Gasteiger partial charge in [-0.1, -0.05) is 0 Å². The van der Waals surface area contributed by atoms with Crippen molar-refractivity contribution in [2.24, 2.45) is 0 Å². The van der Waals surface area contributed by atoms with Gasteiger partial charge >= 0.3 is 122 Å². The van der Waals surface area contributed by atoms with E-state index >= 15 is 0 Å². The minimum absolute atomic E-state index is 0.281. The van der Waals surface area contributed by atoms with Crippen LogP contribution in [0.1, 0.15) is 27.0 Å². The van der Waals surface area contributed by atoms with Crippen molar-refractivity contribution >= 4 is 24.4 Å². The van der Waals surface area contributed by atoms with Crippen LogP contribution in [-0.4, -0.2) is 62.4 Å². The average molecular weight is 322 g/mol. The SMILES string of the molecule is Cc1cc(C)c(C(=O)[As]=C(N(C)C)N(C)C)c(C)c1. The molecule has 0 fully saturated rings. The van der Waals surface area contributed by atoms with Crippen LogP contribution < -0.4 is 0 Å². The van der Waals surface area contributed by atoms with Gasteiger partial charge in [-0.2, -0.15) is 0 Å². The Balaban J connectivity index is 3.25. The molecular formula is C15H23AsN2O. The molecule has 0 saturated carbocycles. The third-order valence-electron chi connectivity index (χ3n) is 2.89. The fraction of sp³-hybridized carbons (Fsp3) is 0.467. The molecule has 19 heavy (non-hydrogen) atoms. The van der Waals surface area contributed by atoms with E-state index < -0.39 is 15.3 Å². The van der Waals surface area contributed by atoms with Crippen LogP contribution in [-0.2, 0) is 0 Å². The summed E-state index contributed by atoms with van der Waals surface area (Å²) < 4.78 is 1.39. The average Bonchev–Trinajstić information content (AvgIpc) is 2.23. The van der Waals surface area contributed by atoms with Gasteiger partial charge in [-0.15, -0.1) is 0 Å². The Labute approximate surface area is 122 Å². The fourth-order valence-electron chi connectivity index (χ4n) is 2.26. The summed E-state index contributed by atoms with van der Waals surface area (Å²) in [6.45, 7) is 6.12. The van der Waals surface area contributed by atoms with Crippen molar-refractivity contribution in [3.8, 4) is 0 Å². The van der Waals surface area contributed by atoms with Gasteiger partial charge in [0.1, 0.15) is 0 Å². The van der Waals surface area contributed by atoms with Crippen LogP contribution >= 0.6 is 0 Å². The summed E-state index contributed by atoms with van der Waals surface area (Å²) in [6.07, 6.45) is 0. The Kier molecular flexibility index (Phi) is 5.66. The number of nitrogens with zero attached hydrogens (tertiary/aromatic N) is 2. The van der Waals surface area contributed by atoms with Gasteiger partial charge in [0.2, 0.25) is 0 Å². The molecule has 0 amide bonds. The molecule has 0 bridgehead atoms. The van der Waals surface area contributed by atoms with Crippen molar-refractivity contribution in [3.63, 3.8) is 0 Å². The van der Waals surface area contributed by atoms with Crippen molar-refractivity contribution in [1.82, 2.24) is 9.80 Å². The van der Waals surface area contributed by atoms with Crippen LogP contribution in [0.5, 0.6) is 0 Å². The number of carbonyl (C=O) groups excluding carboxylic acids is 1. The van der Waals surface area contributed by atoms with Gasteiger partial charge in [0, 0.05) is 0 Å². The van der Waals surface area contributed by atoms with Gasteiger partial charge in [0.15, 0.2) is 0 Å². The minimum atomic E-state index is -0.513. The fourth-order valence-corrected chi connectivity index (χ4v) is 4.46. The zero-order chi connectivity index (χ0) is 14.7. The molecule has 0 aliphatic rings. The molecule has 0 radical (unpaired) electrons. The van der Waals surface area contributed by atoms with E-state index in [-0.39, 0.29) is 4.57 Å². The molecule has 0 atom stereocenters. The number of hydrogen-bond acceptors (Lipinski definition) is 3. The first-order valence-corrected chi connectivity index (χ1v) is 8.17. The molecule has 0 aromatic heterocycles. The molecule has 104 valence electrons. The Morgan fingerprint density at radius 2 is 1.37 bits per heavy atom. The Morgan fingerprint density at radius 3 is 1.74 bits per heavy atom. The predicted octanol–water partition coefficient (Wildman–Crippen LogP) is 1.67. The van der Waals surface area contributed by atoms with Gasteiger partial charge in [-0.05, 0) is 0 Å². The van der Waals surface area contributed by atoms with E-state index in [0.717, 1.165) is 21.2 Å². The van der Waals surface area contributed by atoms with Gasteiger partial charge in [-0.3, -0.25) is 0 Å². The second-order valence-electron chi connectivity index (χ2n) is 5.28. The number of aryl methyl sites for hydroxylation is 3. The zero-order valence-corrected chi connectivity index (χ0v) is 14.8. The summed E-state index contributed by atoms with van der Waals surface area (Å²) in [6, 6.07) is 4.18. The third-order valence-corrected chi connectivity index (χ3v) is 5.89. The Morgan fingerprint density at radius 1 is 0.947 bits per heavy atom. The topological polar surface area (TPSA) is 23.6 Å². The first kappa shape index (κ1) is 16.3. The summed E-state index contributed by atoms with van der Waals surface area (Å²) in [4.78, 5) is 16.7. The van der Waals surface area contributed by atoms with Crippen LogP contribution in [0.2, 0.25) is 0 Å². The Bertz CT molecular complexity index is 486. The van der Waals surface area contributed by atoms with E-state index in [9.17, 15) is 4.79 Å². The van der Waals surface area contributed by atoms with Crippen LogP contribution in [0, 0.1) is 20.8 Å². The van der Waals surface area contributed by atoms with E-state index in [1.54, 1.807) is 0 Å².